The van der Waals surface area contributed by atoms with Crippen LogP contribution in [0.3, 0.4) is 0 Å². The van der Waals surface area contributed by atoms with E-state index in [2.05, 4.69) is 13.8 Å². The Kier molecular flexibility index (Phi) is 54.0. The largest absolute Gasteiger partial charge is 0.472 e. The van der Waals surface area contributed by atoms with E-state index in [0.717, 1.165) is 38.5 Å². The molecule has 0 aliphatic carbocycles. The van der Waals surface area contributed by atoms with Crippen LogP contribution in [0.2, 0.25) is 0 Å². The Morgan fingerprint density at radius 3 is 0.889 bits per heavy atom. The Bertz CT molecular complexity index is 1180. The lowest BCUT2D eigenvalue weighted by Crippen LogP contribution is -2.37. The normalized spacial score (nSPS) is 13.1. The third-order valence-corrected chi connectivity index (χ3v) is 15.6. The van der Waals surface area contributed by atoms with Gasteiger partial charge in [0, 0.05) is 12.8 Å². The molecule has 430 valence electrons. The van der Waals surface area contributed by atoms with Gasteiger partial charge in [-0.15, -0.1) is 0 Å². The van der Waals surface area contributed by atoms with E-state index in [0.29, 0.717) is 17.4 Å². The number of phosphoric acid groups is 1. The fraction of sp³-hybridized carbons (Fsp3) is 0.968. The molecule has 0 aromatic heterocycles. The summed E-state index contributed by atoms with van der Waals surface area (Å²) in [7, 11) is 1.50. The van der Waals surface area contributed by atoms with Crippen molar-refractivity contribution in [1.29, 1.82) is 0 Å². The zero-order valence-corrected chi connectivity index (χ0v) is 49.9. The van der Waals surface area contributed by atoms with Gasteiger partial charge in [-0.1, -0.05) is 309 Å². The molecular weight excluding hydrogens is 918 g/mol. The van der Waals surface area contributed by atoms with Crippen molar-refractivity contribution in [1.82, 2.24) is 0 Å². The van der Waals surface area contributed by atoms with Gasteiger partial charge in [0.15, 0.2) is 6.10 Å². The van der Waals surface area contributed by atoms with E-state index in [1.165, 1.54) is 270 Å². The number of carbonyl (C=O) groups is 2. The molecule has 2 unspecified atom stereocenters. The lowest BCUT2D eigenvalue weighted by atomic mass is 10.0. The van der Waals surface area contributed by atoms with Crippen molar-refractivity contribution in [3.05, 3.63) is 0 Å². The molecule has 1 N–H and O–H groups in total. The van der Waals surface area contributed by atoms with Gasteiger partial charge >= 0.3 is 19.8 Å². The van der Waals surface area contributed by atoms with Crippen LogP contribution in [0.5, 0.6) is 0 Å². The number of unbranched alkanes of at least 4 members (excludes halogenated alkanes) is 46. The lowest BCUT2D eigenvalue weighted by Gasteiger charge is -2.24. The molecule has 0 aliphatic rings. The van der Waals surface area contributed by atoms with Gasteiger partial charge in [-0.25, -0.2) is 4.57 Å². The third-order valence-electron chi connectivity index (χ3n) is 14.6. The standard InChI is InChI=1S/C62H124NO8P/c1-6-8-10-12-14-16-18-20-22-24-26-28-29-30-31-32-33-35-37-39-41-43-45-47-49-51-53-55-62(65)71-60(59-70-72(66,67)69-57-56-63(3,4)5)58-68-61(64)54-52-50-48-46-44-42-40-38-36-34-27-25-23-21-19-17-15-13-11-9-7-2/h60H,6-59H2,1-5H3/p+1. The van der Waals surface area contributed by atoms with Crippen LogP contribution in [0.25, 0.3) is 0 Å². The minimum absolute atomic E-state index is 0.0376. The summed E-state index contributed by atoms with van der Waals surface area (Å²) in [6, 6.07) is 0. The van der Waals surface area contributed by atoms with Gasteiger partial charge < -0.3 is 18.9 Å². The quantitative estimate of drug-likeness (QED) is 0.0278. The number of carbonyl (C=O) groups excluding carboxylic acids is 2. The zero-order chi connectivity index (χ0) is 52.7. The molecule has 0 amide bonds. The first-order valence-electron chi connectivity index (χ1n) is 31.8. The van der Waals surface area contributed by atoms with E-state index >= 15 is 0 Å². The van der Waals surface area contributed by atoms with Gasteiger partial charge in [-0.3, -0.25) is 18.6 Å². The van der Waals surface area contributed by atoms with Gasteiger partial charge in [0.2, 0.25) is 0 Å². The summed E-state index contributed by atoms with van der Waals surface area (Å²) in [6.07, 6.45) is 63.3. The Balaban J connectivity index is 4.04. The average molecular weight is 1040 g/mol. The average Bonchev–Trinajstić information content (AvgIpc) is 3.34. The van der Waals surface area contributed by atoms with Crippen molar-refractivity contribution >= 4 is 19.8 Å². The molecule has 0 aromatic carbocycles. The first-order valence-corrected chi connectivity index (χ1v) is 33.3. The summed E-state index contributed by atoms with van der Waals surface area (Å²) < 4.78 is 34.7. The van der Waals surface area contributed by atoms with Crippen molar-refractivity contribution < 1.29 is 42.1 Å². The second-order valence-electron chi connectivity index (χ2n) is 23.2. The molecule has 0 heterocycles. The molecule has 0 aliphatic heterocycles. The maximum absolute atomic E-state index is 12.8. The number of esters is 2. The molecule has 0 saturated carbocycles. The summed E-state index contributed by atoms with van der Waals surface area (Å²) in [5.41, 5.74) is 0. The summed E-state index contributed by atoms with van der Waals surface area (Å²) in [4.78, 5) is 35.8. The maximum atomic E-state index is 12.8. The lowest BCUT2D eigenvalue weighted by molar-refractivity contribution is -0.870. The number of quaternary nitrogens is 1. The number of hydrogen-bond donors (Lipinski definition) is 1. The molecule has 0 saturated heterocycles. The number of rotatable bonds is 60. The monoisotopic (exact) mass is 1040 g/mol. The highest BCUT2D eigenvalue weighted by Gasteiger charge is 2.27. The van der Waals surface area contributed by atoms with Crippen molar-refractivity contribution in [3.63, 3.8) is 0 Å². The minimum Gasteiger partial charge on any atom is -0.462 e. The predicted molar refractivity (Wildman–Crippen MR) is 308 cm³/mol. The molecule has 72 heavy (non-hydrogen) atoms. The first-order chi connectivity index (χ1) is 35.0. The van der Waals surface area contributed by atoms with Crippen molar-refractivity contribution in [2.24, 2.45) is 0 Å². The second kappa shape index (κ2) is 54.8. The zero-order valence-electron chi connectivity index (χ0n) is 49.0. The smallest absolute Gasteiger partial charge is 0.462 e. The number of nitrogens with zero attached hydrogens (tertiary/aromatic N) is 1. The molecule has 2 atom stereocenters. The molecule has 0 rings (SSSR count). The Hall–Kier alpha value is -0.990. The molecule has 0 bridgehead atoms. The van der Waals surface area contributed by atoms with Crippen LogP contribution in [0, 0.1) is 0 Å². The molecule has 0 radical (unpaired) electrons. The molecule has 9 nitrogen and oxygen atoms in total. The van der Waals surface area contributed by atoms with Gasteiger partial charge in [0.1, 0.15) is 19.8 Å². The Labute approximate surface area is 448 Å². The van der Waals surface area contributed by atoms with E-state index in [1.54, 1.807) is 0 Å². The second-order valence-corrected chi connectivity index (χ2v) is 24.6. The van der Waals surface area contributed by atoms with Gasteiger partial charge in [-0.05, 0) is 12.8 Å². The number of phosphoric ester groups is 1. The highest BCUT2D eigenvalue weighted by molar-refractivity contribution is 7.47. The maximum Gasteiger partial charge on any atom is 0.472 e. The summed E-state index contributed by atoms with van der Waals surface area (Å²) in [5.74, 6) is -0.770. The van der Waals surface area contributed by atoms with E-state index < -0.39 is 26.5 Å². The van der Waals surface area contributed by atoms with E-state index in [4.69, 9.17) is 18.5 Å². The molecule has 0 spiro atoms. The number of ether oxygens (including phenoxy) is 2. The highest BCUT2D eigenvalue weighted by atomic mass is 31.2. The van der Waals surface area contributed by atoms with Crippen LogP contribution in [0.4, 0.5) is 0 Å². The van der Waals surface area contributed by atoms with Crippen LogP contribution in [-0.2, 0) is 32.7 Å². The molecule has 0 fully saturated rings. The van der Waals surface area contributed by atoms with Crippen molar-refractivity contribution in [2.45, 2.75) is 341 Å². The van der Waals surface area contributed by atoms with Gasteiger partial charge in [-0.2, -0.15) is 0 Å². The van der Waals surface area contributed by atoms with E-state index in [9.17, 15) is 19.0 Å². The first kappa shape index (κ1) is 71.0. The van der Waals surface area contributed by atoms with Crippen LogP contribution < -0.4 is 0 Å². The topological polar surface area (TPSA) is 108 Å². The predicted octanol–water partition coefficient (Wildman–Crippen LogP) is 19.8. The molecular formula is C62H125NO8P+. The minimum atomic E-state index is -4.38. The SMILES string of the molecule is CCCCCCCCCCCCCCCCCCCCCCCCCCCCCC(=O)OC(COC(=O)CCCCCCCCCCCCCCCCCCCCCCC)COP(=O)(O)OCC[N+](C)(C)C. The van der Waals surface area contributed by atoms with Crippen LogP contribution in [0.15, 0.2) is 0 Å². The summed E-state index contributed by atoms with van der Waals surface area (Å²) >= 11 is 0. The summed E-state index contributed by atoms with van der Waals surface area (Å²) in [5, 5.41) is 0. The van der Waals surface area contributed by atoms with Gasteiger partial charge in [0.05, 0.1) is 27.7 Å². The molecule has 10 heteroatoms. The van der Waals surface area contributed by atoms with Gasteiger partial charge in [0.25, 0.3) is 0 Å². The van der Waals surface area contributed by atoms with Crippen molar-refractivity contribution in [3.8, 4) is 0 Å². The third kappa shape index (κ3) is 58.3. The van der Waals surface area contributed by atoms with Crippen LogP contribution >= 0.6 is 7.82 Å². The van der Waals surface area contributed by atoms with Crippen LogP contribution in [-0.4, -0.2) is 74.9 Å². The van der Waals surface area contributed by atoms with E-state index in [1.807, 2.05) is 21.1 Å². The fourth-order valence-electron chi connectivity index (χ4n) is 9.73. The number of likely N-dealkylation sites (N-methyl/N-ethyl adjacent to an activating group) is 1. The Morgan fingerprint density at radius 1 is 0.375 bits per heavy atom. The Morgan fingerprint density at radius 2 is 0.625 bits per heavy atom. The number of hydrogen-bond acceptors (Lipinski definition) is 7. The summed E-state index contributed by atoms with van der Waals surface area (Å²) in [6.45, 7) is 4.52. The fourth-order valence-corrected chi connectivity index (χ4v) is 10.5. The van der Waals surface area contributed by atoms with Crippen LogP contribution in [0.1, 0.15) is 335 Å². The van der Waals surface area contributed by atoms with E-state index in [-0.39, 0.29) is 25.6 Å². The molecule has 0 aromatic rings. The highest BCUT2D eigenvalue weighted by Crippen LogP contribution is 2.43. The van der Waals surface area contributed by atoms with Crippen molar-refractivity contribution in [2.75, 3.05) is 47.5 Å².